The largest absolute Gasteiger partial charge is 0.384 e. The van der Waals surface area contributed by atoms with Crippen LogP contribution in [-0.4, -0.2) is 61.4 Å². The second-order valence-electron chi connectivity index (χ2n) is 10.8. The van der Waals surface area contributed by atoms with Crippen LogP contribution in [0.5, 0.6) is 0 Å². The number of benzene rings is 1. The maximum Gasteiger partial charge on any atom is 0.251 e. The van der Waals surface area contributed by atoms with E-state index >= 15 is 0 Å². The van der Waals surface area contributed by atoms with Crippen LogP contribution in [0.3, 0.4) is 0 Å². The zero-order valence-corrected chi connectivity index (χ0v) is 23.1. The summed E-state index contributed by atoms with van der Waals surface area (Å²) in [6.45, 7) is 3.37. The molecule has 2 unspecified atom stereocenters. The number of nitrogens with zero attached hydrogens (tertiary/aromatic N) is 4. The molecule has 1 aliphatic carbocycles. The van der Waals surface area contributed by atoms with Crippen LogP contribution < -0.4 is 11.1 Å². The fourth-order valence-corrected chi connectivity index (χ4v) is 5.81. The Balaban J connectivity index is 1.60. The van der Waals surface area contributed by atoms with Crippen LogP contribution in [-0.2, 0) is 15.2 Å². The van der Waals surface area contributed by atoms with Crippen molar-refractivity contribution in [2.24, 2.45) is 11.7 Å². The predicted molar refractivity (Wildman–Crippen MR) is 143 cm³/mol. The molecule has 1 aromatic heterocycles. The van der Waals surface area contributed by atoms with Crippen molar-refractivity contribution in [3.8, 4) is 0 Å². The van der Waals surface area contributed by atoms with Crippen LogP contribution >= 0.6 is 23.2 Å². The third kappa shape index (κ3) is 6.30. The number of aromatic nitrogens is 3. The topological polar surface area (TPSA) is 143 Å². The first-order valence-electron chi connectivity index (χ1n) is 12.9. The lowest BCUT2D eigenvalue weighted by Crippen LogP contribution is -2.53. The Morgan fingerprint density at radius 3 is 2.53 bits per heavy atom. The van der Waals surface area contributed by atoms with E-state index < -0.39 is 35.5 Å². The Kier molecular flexibility index (Phi) is 8.64. The van der Waals surface area contributed by atoms with Crippen molar-refractivity contribution in [1.82, 2.24) is 25.2 Å². The summed E-state index contributed by atoms with van der Waals surface area (Å²) in [6.07, 6.45) is 7.41. The van der Waals surface area contributed by atoms with Crippen LogP contribution in [0.2, 0.25) is 10.0 Å². The molecule has 3 atom stereocenters. The Labute approximate surface area is 231 Å². The van der Waals surface area contributed by atoms with Gasteiger partial charge in [-0.25, -0.2) is 4.68 Å². The summed E-state index contributed by atoms with van der Waals surface area (Å²) in [5, 5.41) is 22.0. The second kappa shape index (κ2) is 11.6. The van der Waals surface area contributed by atoms with Crippen molar-refractivity contribution in [3.63, 3.8) is 0 Å². The molecular weight excluding hydrogens is 531 g/mol. The number of carbonyl (C=O) groups is 3. The van der Waals surface area contributed by atoms with Crippen molar-refractivity contribution in [3.05, 3.63) is 45.7 Å². The van der Waals surface area contributed by atoms with Gasteiger partial charge in [0.2, 0.25) is 11.8 Å². The molecule has 2 heterocycles. The molecule has 4 N–H and O–H groups in total. The minimum absolute atomic E-state index is 0.142. The number of amides is 3. The third-order valence-corrected chi connectivity index (χ3v) is 8.26. The average Bonchev–Trinajstić information content (AvgIpc) is 3.53. The molecule has 1 aliphatic heterocycles. The summed E-state index contributed by atoms with van der Waals surface area (Å²) < 4.78 is 1.55. The molecule has 1 saturated carbocycles. The molecule has 0 spiro atoms. The van der Waals surface area contributed by atoms with Crippen molar-refractivity contribution in [2.75, 3.05) is 6.54 Å². The summed E-state index contributed by atoms with van der Waals surface area (Å²) >= 11 is 12.1. The molecule has 2 aromatic rings. The number of nitrogens with two attached hydrogens (primary N) is 1. The van der Waals surface area contributed by atoms with Crippen LogP contribution in [0.1, 0.15) is 80.9 Å². The van der Waals surface area contributed by atoms with Gasteiger partial charge in [-0.05, 0) is 44.4 Å². The first-order chi connectivity index (χ1) is 18.0. The smallest absolute Gasteiger partial charge is 0.251 e. The SMILES string of the molecule is CC(C)(O)c1cnnn1C1CC(C(N)=O)N(C(=O)[C@@H](CC2CCCCC2)NC(=O)c2ccc(Cl)c(Cl)c2)C1. The van der Waals surface area contributed by atoms with Crippen LogP contribution in [0.4, 0.5) is 0 Å². The van der Waals surface area contributed by atoms with E-state index in [0.717, 1.165) is 32.1 Å². The van der Waals surface area contributed by atoms with E-state index in [1.807, 2.05) is 0 Å². The summed E-state index contributed by atoms with van der Waals surface area (Å²) in [5.74, 6) is -1.20. The summed E-state index contributed by atoms with van der Waals surface area (Å²) in [6, 6.07) is 2.38. The molecule has 10 nitrogen and oxygen atoms in total. The van der Waals surface area contributed by atoms with E-state index in [1.54, 1.807) is 24.6 Å². The summed E-state index contributed by atoms with van der Waals surface area (Å²) in [4.78, 5) is 41.1. The van der Waals surface area contributed by atoms with Gasteiger partial charge < -0.3 is 21.1 Å². The normalized spacial score (nSPS) is 21.3. The van der Waals surface area contributed by atoms with Gasteiger partial charge in [0, 0.05) is 18.5 Å². The van der Waals surface area contributed by atoms with Crippen LogP contribution in [0.15, 0.2) is 24.4 Å². The number of hydrogen-bond acceptors (Lipinski definition) is 6. The zero-order valence-electron chi connectivity index (χ0n) is 21.6. The molecule has 206 valence electrons. The van der Waals surface area contributed by atoms with E-state index in [1.165, 1.54) is 23.2 Å². The van der Waals surface area contributed by atoms with Crippen LogP contribution in [0, 0.1) is 5.92 Å². The lowest BCUT2D eigenvalue weighted by molar-refractivity contribution is -0.139. The number of halogens is 2. The lowest BCUT2D eigenvalue weighted by Gasteiger charge is -2.31. The number of primary amides is 1. The van der Waals surface area contributed by atoms with Gasteiger partial charge >= 0.3 is 0 Å². The molecule has 38 heavy (non-hydrogen) atoms. The summed E-state index contributed by atoms with van der Waals surface area (Å²) in [7, 11) is 0. The fourth-order valence-electron chi connectivity index (χ4n) is 5.51. The van der Waals surface area contributed by atoms with Gasteiger partial charge in [0.25, 0.3) is 5.91 Å². The van der Waals surface area contributed by atoms with Gasteiger partial charge in [-0.1, -0.05) is 60.5 Å². The molecule has 0 bridgehead atoms. The van der Waals surface area contributed by atoms with Gasteiger partial charge in [-0.2, -0.15) is 0 Å². The molecule has 1 aromatic carbocycles. The van der Waals surface area contributed by atoms with Gasteiger partial charge in [-0.15, -0.1) is 5.10 Å². The average molecular weight is 566 g/mol. The highest BCUT2D eigenvalue weighted by Gasteiger charge is 2.44. The van der Waals surface area contributed by atoms with Crippen molar-refractivity contribution >= 4 is 40.9 Å². The number of carbonyl (C=O) groups excluding carboxylic acids is 3. The number of likely N-dealkylation sites (tertiary alicyclic amines) is 1. The standard InChI is InChI=1S/C26H34Cl2N6O4/c1-26(2,38)22-13-30-32-34(22)17-12-21(23(29)35)33(14-17)25(37)20(10-15-6-4-3-5-7-15)31-24(36)16-8-9-18(27)19(28)11-16/h8-9,11,13,15,17,20-21,38H,3-7,10,12,14H2,1-2H3,(H2,29,35)(H,31,36)/t17?,20-,21?/m1/s1. The van der Waals surface area contributed by atoms with Gasteiger partial charge in [-0.3, -0.25) is 14.4 Å². The highest BCUT2D eigenvalue weighted by Crippen LogP contribution is 2.33. The molecule has 0 radical (unpaired) electrons. The number of aliphatic hydroxyl groups is 1. The second-order valence-corrected chi connectivity index (χ2v) is 11.6. The van der Waals surface area contributed by atoms with Gasteiger partial charge in [0.15, 0.2) is 0 Å². The molecular formula is C26H34Cl2N6O4. The number of hydrogen-bond donors (Lipinski definition) is 3. The molecule has 12 heteroatoms. The molecule has 3 amide bonds. The third-order valence-electron chi connectivity index (χ3n) is 7.52. The maximum atomic E-state index is 14.0. The minimum atomic E-state index is -1.22. The fraction of sp³-hybridized carbons (Fsp3) is 0.577. The Bertz CT molecular complexity index is 1190. The van der Waals surface area contributed by atoms with Crippen LogP contribution in [0.25, 0.3) is 0 Å². The number of nitrogens with one attached hydrogen (secondary N) is 1. The Hall–Kier alpha value is -2.69. The molecule has 2 fully saturated rings. The molecule has 1 saturated heterocycles. The Morgan fingerprint density at radius 1 is 1.18 bits per heavy atom. The van der Waals surface area contributed by atoms with Gasteiger partial charge in [0.1, 0.15) is 17.7 Å². The quantitative estimate of drug-likeness (QED) is 0.449. The van der Waals surface area contributed by atoms with Crippen molar-refractivity contribution < 1.29 is 19.5 Å². The minimum Gasteiger partial charge on any atom is -0.384 e. The highest BCUT2D eigenvalue weighted by atomic mass is 35.5. The van der Waals surface area contributed by atoms with Gasteiger partial charge in [0.05, 0.1) is 28.0 Å². The lowest BCUT2D eigenvalue weighted by atomic mass is 9.84. The van der Waals surface area contributed by atoms with Crippen molar-refractivity contribution in [2.45, 2.75) is 82.5 Å². The van der Waals surface area contributed by atoms with E-state index in [4.69, 9.17) is 28.9 Å². The van der Waals surface area contributed by atoms with E-state index in [9.17, 15) is 19.5 Å². The molecule has 4 rings (SSSR count). The Morgan fingerprint density at radius 2 is 1.89 bits per heavy atom. The highest BCUT2D eigenvalue weighted by molar-refractivity contribution is 6.42. The summed E-state index contributed by atoms with van der Waals surface area (Å²) in [5.41, 5.74) is 5.26. The maximum absolute atomic E-state index is 14.0. The predicted octanol–water partition coefficient (Wildman–Crippen LogP) is 3.21. The first-order valence-corrected chi connectivity index (χ1v) is 13.7. The van der Waals surface area contributed by atoms with Crippen molar-refractivity contribution in [1.29, 1.82) is 0 Å². The molecule has 2 aliphatic rings. The van der Waals surface area contributed by atoms with E-state index in [-0.39, 0.29) is 35.4 Å². The first kappa shape index (κ1) is 28.3. The monoisotopic (exact) mass is 564 g/mol. The van der Waals surface area contributed by atoms with E-state index in [0.29, 0.717) is 17.1 Å². The zero-order chi connectivity index (χ0) is 27.6. The van der Waals surface area contributed by atoms with E-state index in [2.05, 4.69) is 15.6 Å². The number of rotatable bonds is 8.